The molecule has 0 fully saturated rings. The molecule has 0 aromatic carbocycles. The molecule has 0 aliphatic carbocycles. The molecule has 3 nitrogen and oxygen atoms in total. The van der Waals surface area contributed by atoms with Gasteiger partial charge in [-0.15, -0.1) is 0 Å². The van der Waals surface area contributed by atoms with E-state index < -0.39 is 0 Å². The molecule has 3 heteroatoms. The van der Waals surface area contributed by atoms with Crippen molar-refractivity contribution < 1.29 is 0 Å². The maximum Gasteiger partial charge on any atom is 0.0569 e. The zero-order valence-electron chi connectivity index (χ0n) is 10.1. The quantitative estimate of drug-likeness (QED) is 0.823. The maximum atomic E-state index is 5.74. The van der Waals surface area contributed by atoms with Gasteiger partial charge >= 0.3 is 0 Å². The molecule has 0 unspecified atom stereocenters. The van der Waals surface area contributed by atoms with Gasteiger partial charge in [-0.1, -0.05) is 13.8 Å². The number of nitrogens with zero attached hydrogens (tertiary/aromatic N) is 2. The van der Waals surface area contributed by atoms with Gasteiger partial charge in [0, 0.05) is 19.6 Å². The third-order valence-electron chi connectivity index (χ3n) is 2.32. The Kier molecular flexibility index (Phi) is 4.09. The van der Waals surface area contributed by atoms with E-state index in [1.54, 1.807) is 0 Å². The van der Waals surface area contributed by atoms with Crippen LogP contribution < -0.4 is 10.6 Å². The van der Waals surface area contributed by atoms with Crippen LogP contribution in [0.4, 0.5) is 5.69 Å². The Morgan fingerprint density at radius 1 is 1.33 bits per heavy atom. The molecule has 0 bridgehead atoms. The van der Waals surface area contributed by atoms with Crippen molar-refractivity contribution in [1.82, 2.24) is 4.98 Å². The Balaban J connectivity index is 2.71. The summed E-state index contributed by atoms with van der Waals surface area (Å²) in [5.41, 5.74) is 7.83. The van der Waals surface area contributed by atoms with E-state index in [1.165, 1.54) is 0 Å². The van der Waals surface area contributed by atoms with Crippen molar-refractivity contribution in [1.29, 1.82) is 0 Å². The third kappa shape index (κ3) is 3.51. The van der Waals surface area contributed by atoms with Gasteiger partial charge in [0.15, 0.2) is 0 Å². The Morgan fingerprint density at radius 2 is 2.00 bits per heavy atom. The van der Waals surface area contributed by atoms with Crippen LogP contribution >= 0.6 is 0 Å². The molecule has 2 N–H and O–H groups in total. The van der Waals surface area contributed by atoms with Crippen LogP contribution in [0.2, 0.25) is 0 Å². The third-order valence-corrected chi connectivity index (χ3v) is 2.32. The van der Waals surface area contributed by atoms with Crippen molar-refractivity contribution in [2.75, 3.05) is 18.5 Å². The molecule has 0 aliphatic heterocycles. The minimum absolute atomic E-state index is 0.00875. The van der Waals surface area contributed by atoms with Crippen LogP contribution in [0.15, 0.2) is 18.3 Å². The zero-order valence-corrected chi connectivity index (χ0v) is 10.1. The minimum Gasteiger partial charge on any atom is -0.373 e. The summed E-state index contributed by atoms with van der Waals surface area (Å²) in [6.45, 7) is 7.40. The molecule has 15 heavy (non-hydrogen) atoms. The van der Waals surface area contributed by atoms with Gasteiger partial charge in [-0.2, -0.15) is 0 Å². The molecule has 0 spiro atoms. The molecule has 1 atom stereocenters. The standard InChI is InChI=1S/C12H21N3/c1-9(2)8-15(4)11-5-6-12(10(3)13)14-7-11/h5-7,9-10H,8,13H2,1-4H3/t10-/m1/s1. The lowest BCUT2D eigenvalue weighted by atomic mass is 10.2. The fourth-order valence-corrected chi connectivity index (χ4v) is 1.55. The predicted octanol–water partition coefficient (Wildman–Crippen LogP) is 2.19. The Labute approximate surface area is 92.3 Å². The Morgan fingerprint density at radius 3 is 2.40 bits per heavy atom. The fourth-order valence-electron chi connectivity index (χ4n) is 1.55. The number of anilines is 1. The SMILES string of the molecule is CC(C)CN(C)c1ccc([C@@H](C)N)nc1. The molecule has 0 aliphatic rings. The summed E-state index contributed by atoms with van der Waals surface area (Å²) in [4.78, 5) is 6.55. The van der Waals surface area contributed by atoms with Gasteiger partial charge in [-0.05, 0) is 25.0 Å². The summed E-state index contributed by atoms with van der Waals surface area (Å²) in [6, 6.07) is 4.08. The predicted molar refractivity (Wildman–Crippen MR) is 64.9 cm³/mol. The van der Waals surface area contributed by atoms with Gasteiger partial charge in [-0.25, -0.2) is 0 Å². The highest BCUT2D eigenvalue weighted by atomic mass is 15.1. The molecule has 0 saturated carbocycles. The summed E-state index contributed by atoms with van der Waals surface area (Å²) in [6.07, 6.45) is 1.89. The summed E-state index contributed by atoms with van der Waals surface area (Å²) < 4.78 is 0. The molecule has 84 valence electrons. The van der Waals surface area contributed by atoms with Crippen LogP contribution in [0.3, 0.4) is 0 Å². The van der Waals surface area contributed by atoms with E-state index in [4.69, 9.17) is 5.73 Å². The van der Waals surface area contributed by atoms with Crippen LogP contribution in [-0.2, 0) is 0 Å². The van der Waals surface area contributed by atoms with Gasteiger partial charge in [0.2, 0.25) is 0 Å². The Hall–Kier alpha value is -1.09. The first-order chi connectivity index (χ1) is 7.00. The van der Waals surface area contributed by atoms with E-state index in [0.717, 1.165) is 17.9 Å². The fraction of sp³-hybridized carbons (Fsp3) is 0.583. The van der Waals surface area contributed by atoms with Crippen LogP contribution in [0.5, 0.6) is 0 Å². The first kappa shape index (κ1) is 12.0. The molecule has 0 amide bonds. The van der Waals surface area contributed by atoms with Gasteiger partial charge in [-0.3, -0.25) is 4.98 Å². The second-order valence-electron chi connectivity index (χ2n) is 4.50. The number of aromatic nitrogens is 1. The van der Waals surface area contributed by atoms with Gasteiger partial charge in [0.25, 0.3) is 0 Å². The average molecular weight is 207 g/mol. The van der Waals surface area contributed by atoms with E-state index in [1.807, 2.05) is 19.2 Å². The molecule has 0 saturated heterocycles. The lowest BCUT2D eigenvalue weighted by Gasteiger charge is -2.21. The van der Waals surface area contributed by atoms with Gasteiger partial charge < -0.3 is 10.6 Å². The van der Waals surface area contributed by atoms with E-state index in [2.05, 4.69) is 36.8 Å². The Bertz CT molecular complexity index is 290. The zero-order chi connectivity index (χ0) is 11.4. The van der Waals surface area contributed by atoms with Crippen molar-refractivity contribution in [2.45, 2.75) is 26.8 Å². The van der Waals surface area contributed by atoms with Gasteiger partial charge in [0.05, 0.1) is 17.6 Å². The van der Waals surface area contributed by atoms with E-state index >= 15 is 0 Å². The van der Waals surface area contributed by atoms with E-state index in [-0.39, 0.29) is 6.04 Å². The smallest absolute Gasteiger partial charge is 0.0569 e. The number of hydrogen-bond acceptors (Lipinski definition) is 3. The molecule has 1 aromatic rings. The van der Waals surface area contributed by atoms with Crippen molar-refractivity contribution >= 4 is 5.69 Å². The molecular weight excluding hydrogens is 186 g/mol. The second kappa shape index (κ2) is 5.12. The number of rotatable bonds is 4. The van der Waals surface area contributed by atoms with Crippen molar-refractivity contribution in [3.63, 3.8) is 0 Å². The number of nitrogens with two attached hydrogens (primary N) is 1. The molecule has 0 radical (unpaired) electrons. The highest BCUT2D eigenvalue weighted by Gasteiger charge is 2.05. The monoisotopic (exact) mass is 207 g/mol. The van der Waals surface area contributed by atoms with Crippen LogP contribution in [0.1, 0.15) is 32.5 Å². The first-order valence-corrected chi connectivity index (χ1v) is 5.43. The minimum atomic E-state index is 0.00875. The topological polar surface area (TPSA) is 42.1 Å². The van der Waals surface area contributed by atoms with Crippen molar-refractivity contribution in [3.05, 3.63) is 24.0 Å². The van der Waals surface area contributed by atoms with Gasteiger partial charge in [0.1, 0.15) is 0 Å². The van der Waals surface area contributed by atoms with Crippen LogP contribution in [-0.4, -0.2) is 18.6 Å². The summed E-state index contributed by atoms with van der Waals surface area (Å²) >= 11 is 0. The molecular formula is C12H21N3. The summed E-state index contributed by atoms with van der Waals surface area (Å²) in [5, 5.41) is 0. The normalized spacial score (nSPS) is 12.9. The van der Waals surface area contributed by atoms with Crippen molar-refractivity contribution in [2.24, 2.45) is 11.7 Å². The lowest BCUT2D eigenvalue weighted by Crippen LogP contribution is -2.22. The molecule has 1 rings (SSSR count). The molecule has 1 heterocycles. The van der Waals surface area contributed by atoms with E-state index in [9.17, 15) is 0 Å². The second-order valence-corrected chi connectivity index (χ2v) is 4.50. The van der Waals surface area contributed by atoms with Crippen LogP contribution in [0.25, 0.3) is 0 Å². The number of hydrogen-bond donors (Lipinski definition) is 1. The van der Waals surface area contributed by atoms with Crippen molar-refractivity contribution in [3.8, 4) is 0 Å². The molecule has 1 aromatic heterocycles. The van der Waals surface area contributed by atoms with E-state index in [0.29, 0.717) is 5.92 Å². The highest BCUT2D eigenvalue weighted by molar-refractivity contribution is 5.43. The summed E-state index contributed by atoms with van der Waals surface area (Å²) in [5.74, 6) is 0.656. The lowest BCUT2D eigenvalue weighted by molar-refractivity contribution is 0.637. The average Bonchev–Trinajstić information content (AvgIpc) is 2.17. The first-order valence-electron chi connectivity index (χ1n) is 5.43. The largest absolute Gasteiger partial charge is 0.373 e. The summed E-state index contributed by atoms with van der Waals surface area (Å²) in [7, 11) is 2.09. The highest BCUT2D eigenvalue weighted by Crippen LogP contribution is 2.15. The maximum absolute atomic E-state index is 5.74. The van der Waals surface area contributed by atoms with Crippen LogP contribution in [0, 0.1) is 5.92 Å². The number of pyridine rings is 1.